The Bertz CT molecular complexity index is 102. The molecule has 0 radical (unpaired) electrons. The molecule has 0 bridgehead atoms. The van der Waals surface area contributed by atoms with Gasteiger partial charge in [0.2, 0.25) is 0 Å². The van der Waals surface area contributed by atoms with Gasteiger partial charge in [-0.05, 0) is 19.4 Å². The van der Waals surface area contributed by atoms with Crippen molar-refractivity contribution in [3.05, 3.63) is 0 Å². The van der Waals surface area contributed by atoms with Crippen molar-refractivity contribution in [1.82, 2.24) is 5.32 Å². The van der Waals surface area contributed by atoms with Crippen molar-refractivity contribution in [2.24, 2.45) is 0 Å². The number of carbonyl (C=O) groups is 1. The summed E-state index contributed by atoms with van der Waals surface area (Å²) in [4.78, 5) is 10.1. The summed E-state index contributed by atoms with van der Waals surface area (Å²) in [6.45, 7) is 0.858. The first kappa shape index (κ1) is 22.5. The normalized spacial score (nSPS) is 18.8. The van der Waals surface area contributed by atoms with Gasteiger partial charge in [0, 0.05) is 0 Å². The van der Waals surface area contributed by atoms with Crippen molar-refractivity contribution in [1.29, 1.82) is 0 Å². The Morgan fingerprint density at radius 3 is 1.92 bits per heavy atom. The van der Waals surface area contributed by atoms with E-state index in [1.165, 1.54) is 0 Å². The Balaban J connectivity index is -0.0000000800. The first-order chi connectivity index (χ1) is 3.80. The van der Waals surface area contributed by atoms with Crippen LogP contribution >= 0.6 is 0 Å². The standard InChI is InChI=1S/C5H9NO2.4H2O/c7-5(8)4-2-1-3-6-4;;;;/h4,6H,1-3H2,(H,7,8);4*1H2/t4-;;;;/m0..../s1. The van der Waals surface area contributed by atoms with Crippen LogP contribution in [0.15, 0.2) is 0 Å². The molecule has 1 atom stereocenters. The van der Waals surface area contributed by atoms with Crippen molar-refractivity contribution >= 4 is 5.97 Å². The predicted octanol–water partition coefficient (Wildman–Crippen LogP) is -3.48. The molecule has 1 aliphatic heterocycles. The minimum atomic E-state index is -0.720. The molecule has 0 saturated carbocycles. The number of aliphatic carboxylic acids is 1. The summed E-state index contributed by atoms with van der Waals surface area (Å²) in [6.07, 6.45) is 1.78. The number of rotatable bonds is 1. The second-order valence-electron chi connectivity index (χ2n) is 1.99. The molecule has 12 heavy (non-hydrogen) atoms. The zero-order valence-electron chi connectivity index (χ0n) is 6.55. The van der Waals surface area contributed by atoms with E-state index in [0.29, 0.717) is 0 Å². The second kappa shape index (κ2) is 10.3. The smallest absolute Gasteiger partial charge is 0.320 e. The first-order valence-corrected chi connectivity index (χ1v) is 2.77. The Kier molecular flexibility index (Phi) is 19.2. The molecule has 1 rings (SSSR count). The molecule has 1 aliphatic rings. The maximum atomic E-state index is 10.1. The maximum absolute atomic E-state index is 10.1. The van der Waals surface area contributed by atoms with Crippen LogP contribution < -0.4 is 5.32 Å². The highest BCUT2D eigenvalue weighted by molar-refractivity contribution is 5.73. The zero-order valence-corrected chi connectivity index (χ0v) is 6.55. The lowest BCUT2D eigenvalue weighted by Crippen LogP contribution is -2.29. The predicted molar refractivity (Wildman–Crippen MR) is 43.1 cm³/mol. The third-order valence-electron chi connectivity index (χ3n) is 1.36. The topological polar surface area (TPSA) is 175 Å². The van der Waals surface area contributed by atoms with Crippen molar-refractivity contribution in [2.75, 3.05) is 6.54 Å². The van der Waals surface area contributed by atoms with Crippen LogP contribution in [0, 0.1) is 0 Å². The number of hydrogen-bond donors (Lipinski definition) is 2. The molecule has 0 spiro atoms. The molecule has 0 aliphatic carbocycles. The minimum Gasteiger partial charge on any atom is -0.480 e. The average Bonchev–Trinajstić information content (AvgIpc) is 2.12. The Hall–Kier alpha value is -0.730. The van der Waals surface area contributed by atoms with E-state index < -0.39 is 5.97 Å². The number of hydrogen-bond acceptors (Lipinski definition) is 2. The quantitative estimate of drug-likeness (QED) is 0.434. The minimum absolute atomic E-state index is 0. The average molecular weight is 187 g/mol. The van der Waals surface area contributed by atoms with Gasteiger partial charge in [0.1, 0.15) is 6.04 Å². The van der Waals surface area contributed by atoms with Gasteiger partial charge < -0.3 is 32.3 Å². The molecule has 7 heteroatoms. The Morgan fingerprint density at radius 1 is 1.25 bits per heavy atom. The molecule has 7 nitrogen and oxygen atoms in total. The molecule has 1 fully saturated rings. The molecule has 1 saturated heterocycles. The molecule has 0 aromatic rings. The van der Waals surface area contributed by atoms with E-state index in [1.807, 2.05) is 0 Å². The fraction of sp³-hybridized carbons (Fsp3) is 0.800. The van der Waals surface area contributed by atoms with Crippen molar-refractivity contribution in [3.8, 4) is 0 Å². The summed E-state index contributed by atoms with van der Waals surface area (Å²) < 4.78 is 0. The van der Waals surface area contributed by atoms with Crippen LogP contribution in [0.25, 0.3) is 0 Å². The highest BCUT2D eigenvalue weighted by Gasteiger charge is 2.20. The summed E-state index contributed by atoms with van der Waals surface area (Å²) in [6, 6.07) is -0.269. The molecule has 0 aromatic heterocycles. The van der Waals surface area contributed by atoms with Crippen molar-refractivity contribution in [3.63, 3.8) is 0 Å². The molecular formula is C5H17NO6. The van der Waals surface area contributed by atoms with Crippen LogP contribution in [0.4, 0.5) is 0 Å². The largest absolute Gasteiger partial charge is 0.480 e. The second-order valence-corrected chi connectivity index (χ2v) is 1.99. The van der Waals surface area contributed by atoms with Gasteiger partial charge in [-0.3, -0.25) is 4.79 Å². The Labute approximate surface area is 69.6 Å². The number of nitrogens with one attached hydrogen (secondary N) is 1. The SMILES string of the molecule is O.O.O.O.O=C(O)[C@@H]1CCCN1. The van der Waals surface area contributed by atoms with E-state index >= 15 is 0 Å². The summed E-state index contributed by atoms with van der Waals surface area (Å²) in [5.74, 6) is -0.720. The monoisotopic (exact) mass is 187 g/mol. The zero-order chi connectivity index (χ0) is 5.98. The van der Waals surface area contributed by atoms with Gasteiger partial charge in [0.05, 0.1) is 0 Å². The van der Waals surface area contributed by atoms with Crippen LogP contribution in [-0.2, 0) is 4.79 Å². The molecule has 0 amide bonds. The van der Waals surface area contributed by atoms with Crippen molar-refractivity contribution < 1.29 is 31.8 Å². The van der Waals surface area contributed by atoms with E-state index in [-0.39, 0.29) is 27.9 Å². The van der Waals surface area contributed by atoms with Gasteiger partial charge in [0.15, 0.2) is 0 Å². The first-order valence-electron chi connectivity index (χ1n) is 2.77. The highest BCUT2D eigenvalue weighted by atomic mass is 16.4. The number of carboxylic acid groups (broad SMARTS) is 1. The highest BCUT2D eigenvalue weighted by Crippen LogP contribution is 2.03. The van der Waals surface area contributed by atoms with Crippen LogP contribution in [0.5, 0.6) is 0 Å². The number of carboxylic acids is 1. The molecule has 0 aromatic carbocycles. The van der Waals surface area contributed by atoms with Crippen molar-refractivity contribution in [2.45, 2.75) is 18.9 Å². The lowest BCUT2D eigenvalue weighted by molar-refractivity contribution is -0.139. The van der Waals surface area contributed by atoms with Crippen LogP contribution in [0.3, 0.4) is 0 Å². The fourth-order valence-corrected chi connectivity index (χ4v) is 0.895. The van der Waals surface area contributed by atoms with Gasteiger partial charge in [-0.2, -0.15) is 0 Å². The van der Waals surface area contributed by atoms with E-state index in [0.717, 1.165) is 19.4 Å². The third-order valence-corrected chi connectivity index (χ3v) is 1.36. The molecule has 10 N–H and O–H groups in total. The maximum Gasteiger partial charge on any atom is 0.320 e. The van der Waals surface area contributed by atoms with Gasteiger partial charge in [-0.25, -0.2) is 0 Å². The fourth-order valence-electron chi connectivity index (χ4n) is 0.895. The van der Waals surface area contributed by atoms with Gasteiger partial charge in [-0.15, -0.1) is 0 Å². The molecular weight excluding hydrogens is 170 g/mol. The summed E-state index contributed by atoms with van der Waals surface area (Å²) in [5.41, 5.74) is 0. The van der Waals surface area contributed by atoms with E-state index in [1.54, 1.807) is 0 Å². The van der Waals surface area contributed by atoms with Crippen LogP contribution in [-0.4, -0.2) is 45.6 Å². The summed E-state index contributed by atoms with van der Waals surface area (Å²) >= 11 is 0. The van der Waals surface area contributed by atoms with Gasteiger partial charge in [-0.1, -0.05) is 0 Å². The molecule has 1 heterocycles. The van der Waals surface area contributed by atoms with Gasteiger partial charge >= 0.3 is 5.97 Å². The molecule has 78 valence electrons. The van der Waals surface area contributed by atoms with Crippen LogP contribution in [0.1, 0.15) is 12.8 Å². The summed E-state index contributed by atoms with van der Waals surface area (Å²) in [7, 11) is 0. The lowest BCUT2D eigenvalue weighted by atomic mass is 10.2. The van der Waals surface area contributed by atoms with Gasteiger partial charge in [0.25, 0.3) is 0 Å². The summed E-state index contributed by atoms with van der Waals surface area (Å²) in [5, 5.41) is 11.2. The lowest BCUT2D eigenvalue weighted by Gasteiger charge is -1.99. The Morgan fingerprint density at radius 2 is 1.75 bits per heavy atom. The van der Waals surface area contributed by atoms with Crippen LogP contribution in [0.2, 0.25) is 0 Å². The van der Waals surface area contributed by atoms with E-state index in [9.17, 15) is 4.79 Å². The molecule has 0 unspecified atom stereocenters. The van der Waals surface area contributed by atoms with E-state index in [2.05, 4.69) is 5.32 Å². The van der Waals surface area contributed by atoms with E-state index in [4.69, 9.17) is 5.11 Å². The third kappa shape index (κ3) is 6.01.